The molecule has 0 bridgehead atoms. The minimum atomic E-state index is 0.00991. The molecular formula is C15H17N3O. The van der Waals surface area contributed by atoms with Gasteiger partial charge in [0, 0.05) is 37.9 Å². The molecule has 3 rings (SSSR count). The van der Waals surface area contributed by atoms with Crippen molar-refractivity contribution in [3.8, 4) is 0 Å². The van der Waals surface area contributed by atoms with Gasteiger partial charge in [0.15, 0.2) is 0 Å². The number of fused-ring (bicyclic) bond motifs is 1. The highest BCUT2D eigenvalue weighted by Crippen LogP contribution is 2.17. The van der Waals surface area contributed by atoms with Crippen LogP contribution in [-0.2, 0) is 19.5 Å². The molecule has 1 aliphatic rings. The first kappa shape index (κ1) is 11.8. The van der Waals surface area contributed by atoms with Crippen molar-refractivity contribution in [2.45, 2.75) is 19.5 Å². The number of rotatable bonds is 2. The van der Waals surface area contributed by atoms with Crippen LogP contribution in [0.4, 0.5) is 4.79 Å². The van der Waals surface area contributed by atoms with Gasteiger partial charge in [-0.3, -0.25) is 0 Å². The van der Waals surface area contributed by atoms with E-state index in [2.05, 4.69) is 10.3 Å². The summed E-state index contributed by atoms with van der Waals surface area (Å²) in [4.78, 5) is 17.2. The normalized spacial score (nSPS) is 14.0. The van der Waals surface area contributed by atoms with Crippen molar-refractivity contribution in [1.29, 1.82) is 0 Å². The molecule has 1 aromatic heterocycles. The predicted octanol–water partition coefficient (Wildman–Crippen LogP) is 2.28. The second kappa shape index (κ2) is 5.18. The van der Waals surface area contributed by atoms with Crippen molar-refractivity contribution in [1.82, 2.24) is 15.2 Å². The summed E-state index contributed by atoms with van der Waals surface area (Å²) >= 11 is 0. The van der Waals surface area contributed by atoms with Gasteiger partial charge in [-0.1, -0.05) is 30.3 Å². The van der Waals surface area contributed by atoms with Crippen LogP contribution in [0, 0.1) is 0 Å². The van der Waals surface area contributed by atoms with E-state index in [0.717, 1.165) is 18.5 Å². The number of amides is 2. The lowest BCUT2D eigenvalue weighted by molar-refractivity contribution is 0.192. The van der Waals surface area contributed by atoms with E-state index in [4.69, 9.17) is 0 Å². The fourth-order valence-electron chi connectivity index (χ4n) is 2.41. The number of aromatic amines is 1. The van der Waals surface area contributed by atoms with Gasteiger partial charge in [0.05, 0.1) is 0 Å². The lowest BCUT2D eigenvalue weighted by Gasteiger charge is -2.27. The third-order valence-electron chi connectivity index (χ3n) is 3.50. The molecule has 0 radical (unpaired) electrons. The molecule has 1 aliphatic heterocycles. The molecule has 19 heavy (non-hydrogen) atoms. The number of benzene rings is 1. The summed E-state index contributed by atoms with van der Waals surface area (Å²) in [7, 11) is 0. The zero-order valence-electron chi connectivity index (χ0n) is 10.7. The Labute approximate surface area is 112 Å². The van der Waals surface area contributed by atoms with Crippen LogP contribution >= 0.6 is 0 Å². The number of nitrogens with zero attached hydrogens (tertiary/aromatic N) is 1. The van der Waals surface area contributed by atoms with Gasteiger partial charge >= 0.3 is 6.03 Å². The summed E-state index contributed by atoms with van der Waals surface area (Å²) in [6.45, 7) is 2.05. The molecule has 0 fully saturated rings. The summed E-state index contributed by atoms with van der Waals surface area (Å²) in [5.74, 6) is 0. The average Bonchev–Trinajstić information content (AvgIpc) is 2.93. The van der Waals surface area contributed by atoms with E-state index < -0.39 is 0 Å². The number of carbonyl (C=O) groups is 1. The van der Waals surface area contributed by atoms with Crippen molar-refractivity contribution in [3.63, 3.8) is 0 Å². The lowest BCUT2D eigenvalue weighted by atomic mass is 10.1. The molecule has 0 spiro atoms. The Bertz CT molecular complexity index is 562. The molecule has 4 nitrogen and oxygen atoms in total. The Kier molecular flexibility index (Phi) is 3.23. The third-order valence-corrected chi connectivity index (χ3v) is 3.50. The highest BCUT2D eigenvalue weighted by atomic mass is 16.2. The number of hydrogen-bond acceptors (Lipinski definition) is 1. The topological polar surface area (TPSA) is 48.1 Å². The summed E-state index contributed by atoms with van der Waals surface area (Å²) in [6, 6.07) is 12.0. The Balaban J connectivity index is 1.57. The zero-order chi connectivity index (χ0) is 13.1. The molecule has 2 heterocycles. The Morgan fingerprint density at radius 3 is 2.95 bits per heavy atom. The number of urea groups is 1. The first-order valence-electron chi connectivity index (χ1n) is 6.55. The molecular weight excluding hydrogens is 238 g/mol. The first-order chi connectivity index (χ1) is 9.33. The molecule has 0 saturated heterocycles. The maximum absolute atomic E-state index is 12.1. The molecule has 0 saturated carbocycles. The molecule has 2 amide bonds. The van der Waals surface area contributed by atoms with E-state index in [1.54, 1.807) is 0 Å². The van der Waals surface area contributed by atoms with Gasteiger partial charge in [-0.15, -0.1) is 0 Å². The van der Waals surface area contributed by atoms with Gasteiger partial charge < -0.3 is 15.2 Å². The van der Waals surface area contributed by atoms with Crippen LogP contribution in [0.15, 0.2) is 42.6 Å². The molecule has 98 valence electrons. The van der Waals surface area contributed by atoms with Crippen molar-refractivity contribution in [3.05, 3.63) is 59.4 Å². The fraction of sp³-hybridized carbons (Fsp3) is 0.267. The maximum atomic E-state index is 12.1. The van der Waals surface area contributed by atoms with Crippen molar-refractivity contribution < 1.29 is 4.79 Å². The largest absolute Gasteiger partial charge is 0.365 e. The minimum absolute atomic E-state index is 0.00991. The molecule has 2 N–H and O–H groups in total. The Morgan fingerprint density at radius 2 is 2.11 bits per heavy atom. The van der Waals surface area contributed by atoms with E-state index in [0.29, 0.717) is 13.1 Å². The number of hydrogen-bond donors (Lipinski definition) is 2. The first-order valence-corrected chi connectivity index (χ1v) is 6.55. The van der Waals surface area contributed by atoms with Gasteiger partial charge in [0.1, 0.15) is 0 Å². The molecule has 1 aromatic carbocycles. The van der Waals surface area contributed by atoms with Crippen LogP contribution in [0.2, 0.25) is 0 Å². The average molecular weight is 255 g/mol. The Morgan fingerprint density at radius 1 is 1.26 bits per heavy atom. The number of nitrogens with one attached hydrogen (secondary N) is 2. The lowest BCUT2D eigenvalue weighted by Crippen LogP contribution is -2.42. The molecule has 4 heteroatoms. The summed E-state index contributed by atoms with van der Waals surface area (Å²) in [5, 5.41) is 2.97. The Hall–Kier alpha value is -2.23. The number of carbonyl (C=O) groups excluding carboxylic acids is 1. The van der Waals surface area contributed by atoms with E-state index >= 15 is 0 Å². The van der Waals surface area contributed by atoms with E-state index in [1.807, 2.05) is 47.5 Å². The van der Waals surface area contributed by atoms with Gasteiger partial charge in [-0.25, -0.2) is 4.79 Å². The minimum Gasteiger partial charge on any atom is -0.365 e. The van der Waals surface area contributed by atoms with E-state index in [9.17, 15) is 4.79 Å². The van der Waals surface area contributed by atoms with Gasteiger partial charge in [-0.05, 0) is 17.2 Å². The van der Waals surface area contributed by atoms with Crippen molar-refractivity contribution in [2.75, 3.05) is 6.54 Å². The third kappa shape index (κ3) is 2.62. The van der Waals surface area contributed by atoms with Crippen LogP contribution in [0.25, 0.3) is 0 Å². The smallest absolute Gasteiger partial charge is 0.317 e. The van der Waals surface area contributed by atoms with Crippen molar-refractivity contribution >= 4 is 6.03 Å². The fourth-order valence-corrected chi connectivity index (χ4v) is 2.41. The quantitative estimate of drug-likeness (QED) is 0.849. The maximum Gasteiger partial charge on any atom is 0.317 e. The zero-order valence-corrected chi connectivity index (χ0v) is 10.7. The van der Waals surface area contributed by atoms with Crippen LogP contribution in [0.1, 0.15) is 16.8 Å². The van der Waals surface area contributed by atoms with Gasteiger partial charge in [0.25, 0.3) is 0 Å². The predicted molar refractivity (Wildman–Crippen MR) is 73.6 cm³/mol. The molecule has 0 unspecified atom stereocenters. The second-order valence-corrected chi connectivity index (χ2v) is 4.80. The van der Waals surface area contributed by atoms with Crippen LogP contribution in [0.5, 0.6) is 0 Å². The van der Waals surface area contributed by atoms with Gasteiger partial charge in [-0.2, -0.15) is 0 Å². The highest BCUT2D eigenvalue weighted by Gasteiger charge is 2.20. The molecule has 2 aromatic rings. The summed E-state index contributed by atoms with van der Waals surface area (Å²) in [6.07, 6.45) is 2.84. The van der Waals surface area contributed by atoms with E-state index in [-0.39, 0.29) is 6.03 Å². The second-order valence-electron chi connectivity index (χ2n) is 4.80. The molecule has 0 atom stereocenters. The van der Waals surface area contributed by atoms with Gasteiger partial charge in [0.2, 0.25) is 0 Å². The summed E-state index contributed by atoms with van der Waals surface area (Å²) < 4.78 is 0. The summed E-state index contributed by atoms with van der Waals surface area (Å²) in [5.41, 5.74) is 3.60. The molecule has 0 aliphatic carbocycles. The van der Waals surface area contributed by atoms with Crippen LogP contribution in [0.3, 0.4) is 0 Å². The van der Waals surface area contributed by atoms with Crippen molar-refractivity contribution in [2.24, 2.45) is 0 Å². The standard InChI is InChI=1S/C15H17N3O/c19-15(17-10-12-4-2-1-3-5-12)18-9-7-14-13(11-18)6-8-16-14/h1-6,8,16H,7,9-11H2,(H,17,19). The number of aromatic nitrogens is 1. The monoisotopic (exact) mass is 255 g/mol. The van der Waals surface area contributed by atoms with Crippen LogP contribution in [-0.4, -0.2) is 22.5 Å². The van der Waals surface area contributed by atoms with E-state index in [1.165, 1.54) is 11.3 Å². The highest BCUT2D eigenvalue weighted by molar-refractivity contribution is 5.74. The van der Waals surface area contributed by atoms with Crippen LogP contribution < -0.4 is 5.32 Å². The SMILES string of the molecule is O=C(NCc1ccccc1)N1CCc2[nH]ccc2C1. The number of H-pyrrole nitrogens is 1.